The van der Waals surface area contributed by atoms with E-state index in [1.165, 1.54) is 0 Å². The van der Waals surface area contributed by atoms with Crippen LogP contribution in [0.15, 0.2) is 54.7 Å². The van der Waals surface area contributed by atoms with Crippen molar-refractivity contribution in [2.75, 3.05) is 0 Å². The zero-order valence-corrected chi connectivity index (χ0v) is 12.1. The summed E-state index contributed by atoms with van der Waals surface area (Å²) in [6.45, 7) is 1.23. The van der Waals surface area contributed by atoms with E-state index in [9.17, 15) is 5.11 Å². The highest BCUT2D eigenvalue weighted by Crippen LogP contribution is 2.21. The summed E-state index contributed by atoms with van der Waals surface area (Å²) in [4.78, 5) is 4.43. The molecule has 2 aromatic carbocycles. The second-order valence-corrected chi connectivity index (χ2v) is 5.31. The van der Waals surface area contributed by atoms with Gasteiger partial charge in [-0.3, -0.25) is 4.98 Å². The van der Waals surface area contributed by atoms with Crippen LogP contribution >= 0.6 is 11.6 Å². The van der Waals surface area contributed by atoms with E-state index in [0.29, 0.717) is 18.1 Å². The van der Waals surface area contributed by atoms with E-state index in [1.54, 1.807) is 24.4 Å². The van der Waals surface area contributed by atoms with E-state index in [-0.39, 0.29) is 5.75 Å². The first-order chi connectivity index (χ1) is 10.2. The monoisotopic (exact) mass is 298 g/mol. The standard InChI is InChI=1S/C17H15ClN2O/c18-15-6-7-16(21)14(9-15)11-19-10-13-4-1-3-12-5-2-8-20-17(12)13/h1-9,19,21H,10-11H2. The Hall–Kier alpha value is -2.10. The predicted octanol–water partition coefficient (Wildman–Crippen LogP) is 3.88. The maximum atomic E-state index is 9.79. The van der Waals surface area contributed by atoms with Gasteiger partial charge in [0.05, 0.1) is 5.52 Å². The van der Waals surface area contributed by atoms with Gasteiger partial charge < -0.3 is 10.4 Å². The molecule has 0 bridgehead atoms. The Morgan fingerprint density at radius 3 is 2.71 bits per heavy atom. The van der Waals surface area contributed by atoms with Gasteiger partial charge in [-0.15, -0.1) is 0 Å². The summed E-state index contributed by atoms with van der Waals surface area (Å²) >= 11 is 5.94. The molecule has 1 heterocycles. The fraction of sp³-hybridized carbons (Fsp3) is 0.118. The van der Waals surface area contributed by atoms with E-state index in [2.05, 4.69) is 28.5 Å². The van der Waals surface area contributed by atoms with Gasteiger partial charge in [0.25, 0.3) is 0 Å². The number of pyridine rings is 1. The number of benzene rings is 2. The summed E-state index contributed by atoms with van der Waals surface area (Å²) in [6.07, 6.45) is 1.80. The Labute approximate surface area is 128 Å². The summed E-state index contributed by atoms with van der Waals surface area (Å²) < 4.78 is 0. The van der Waals surface area contributed by atoms with Crippen LogP contribution in [-0.4, -0.2) is 10.1 Å². The summed E-state index contributed by atoms with van der Waals surface area (Å²) in [6, 6.07) is 15.2. The maximum Gasteiger partial charge on any atom is 0.120 e. The van der Waals surface area contributed by atoms with Crippen molar-refractivity contribution in [2.45, 2.75) is 13.1 Å². The van der Waals surface area contributed by atoms with Gasteiger partial charge in [-0.1, -0.05) is 35.9 Å². The van der Waals surface area contributed by atoms with Gasteiger partial charge in [0.15, 0.2) is 0 Å². The van der Waals surface area contributed by atoms with E-state index in [1.807, 2.05) is 12.1 Å². The Morgan fingerprint density at radius 1 is 1.00 bits per heavy atom. The summed E-state index contributed by atoms with van der Waals surface area (Å²) in [5.41, 5.74) is 2.92. The molecule has 0 aliphatic carbocycles. The van der Waals surface area contributed by atoms with E-state index in [4.69, 9.17) is 11.6 Å². The number of aromatic nitrogens is 1. The molecule has 1 aromatic heterocycles. The number of nitrogens with zero attached hydrogens (tertiary/aromatic N) is 1. The van der Waals surface area contributed by atoms with E-state index in [0.717, 1.165) is 22.0 Å². The average Bonchev–Trinajstić information content (AvgIpc) is 2.51. The number of nitrogens with one attached hydrogen (secondary N) is 1. The van der Waals surface area contributed by atoms with Crippen LogP contribution in [0.4, 0.5) is 0 Å². The average molecular weight is 299 g/mol. The molecular formula is C17H15ClN2O. The third-order valence-corrected chi connectivity index (χ3v) is 3.62. The molecule has 0 saturated carbocycles. The van der Waals surface area contributed by atoms with Crippen LogP contribution in [0.25, 0.3) is 10.9 Å². The first kappa shape index (κ1) is 13.9. The van der Waals surface area contributed by atoms with Gasteiger partial charge in [-0.25, -0.2) is 0 Å². The van der Waals surface area contributed by atoms with Crippen molar-refractivity contribution in [1.29, 1.82) is 0 Å². The highest BCUT2D eigenvalue weighted by Gasteiger charge is 2.04. The van der Waals surface area contributed by atoms with Crippen molar-refractivity contribution in [2.24, 2.45) is 0 Å². The molecule has 3 aromatic rings. The Kier molecular flexibility index (Phi) is 4.04. The van der Waals surface area contributed by atoms with Gasteiger partial charge in [0, 0.05) is 35.3 Å². The lowest BCUT2D eigenvalue weighted by atomic mass is 10.1. The third-order valence-electron chi connectivity index (χ3n) is 3.39. The van der Waals surface area contributed by atoms with E-state index < -0.39 is 0 Å². The third kappa shape index (κ3) is 3.15. The molecule has 0 unspecified atom stereocenters. The number of rotatable bonds is 4. The Bertz CT molecular complexity index is 768. The number of phenolic OH excluding ortho intramolecular Hbond substituents is 1. The Morgan fingerprint density at radius 2 is 1.81 bits per heavy atom. The first-order valence-corrected chi connectivity index (χ1v) is 7.12. The summed E-state index contributed by atoms with van der Waals surface area (Å²) in [5, 5.41) is 14.9. The van der Waals surface area contributed by atoms with Gasteiger partial charge in [-0.2, -0.15) is 0 Å². The van der Waals surface area contributed by atoms with Crippen molar-refractivity contribution in [3.05, 3.63) is 70.9 Å². The minimum Gasteiger partial charge on any atom is -0.508 e. The van der Waals surface area contributed by atoms with Gasteiger partial charge in [-0.05, 0) is 29.8 Å². The molecule has 0 radical (unpaired) electrons. The molecule has 4 heteroatoms. The van der Waals surface area contributed by atoms with Crippen molar-refractivity contribution < 1.29 is 5.11 Å². The molecule has 2 N–H and O–H groups in total. The minimum atomic E-state index is 0.253. The van der Waals surface area contributed by atoms with Crippen LogP contribution in [0.2, 0.25) is 5.02 Å². The second-order valence-electron chi connectivity index (χ2n) is 4.87. The number of halogens is 1. The number of fused-ring (bicyclic) bond motifs is 1. The molecular weight excluding hydrogens is 284 g/mol. The van der Waals surface area contributed by atoms with Gasteiger partial charge >= 0.3 is 0 Å². The molecule has 0 atom stereocenters. The minimum absolute atomic E-state index is 0.253. The number of hydrogen-bond acceptors (Lipinski definition) is 3. The van der Waals surface area contributed by atoms with Gasteiger partial charge in [0.1, 0.15) is 5.75 Å². The van der Waals surface area contributed by atoms with Crippen LogP contribution in [0.1, 0.15) is 11.1 Å². The van der Waals surface area contributed by atoms with Crippen molar-refractivity contribution in [3.63, 3.8) is 0 Å². The van der Waals surface area contributed by atoms with Gasteiger partial charge in [0.2, 0.25) is 0 Å². The first-order valence-electron chi connectivity index (χ1n) is 6.75. The molecule has 21 heavy (non-hydrogen) atoms. The summed E-state index contributed by atoms with van der Waals surface area (Å²) in [5.74, 6) is 0.253. The van der Waals surface area contributed by atoms with Crippen LogP contribution in [-0.2, 0) is 13.1 Å². The molecule has 106 valence electrons. The lowest BCUT2D eigenvalue weighted by Crippen LogP contribution is -2.13. The fourth-order valence-corrected chi connectivity index (χ4v) is 2.53. The summed E-state index contributed by atoms with van der Waals surface area (Å²) in [7, 11) is 0. The topological polar surface area (TPSA) is 45.1 Å². The van der Waals surface area contributed by atoms with Crippen LogP contribution in [0, 0.1) is 0 Å². The molecule has 3 nitrogen and oxygen atoms in total. The number of phenols is 1. The number of aromatic hydroxyl groups is 1. The zero-order chi connectivity index (χ0) is 14.7. The van der Waals surface area contributed by atoms with Crippen LogP contribution in [0.3, 0.4) is 0 Å². The Balaban J connectivity index is 1.74. The molecule has 0 spiro atoms. The van der Waals surface area contributed by atoms with Crippen molar-refractivity contribution in [3.8, 4) is 5.75 Å². The highest BCUT2D eigenvalue weighted by atomic mass is 35.5. The van der Waals surface area contributed by atoms with E-state index >= 15 is 0 Å². The van der Waals surface area contributed by atoms with Crippen LogP contribution < -0.4 is 5.32 Å². The number of para-hydroxylation sites is 1. The molecule has 0 amide bonds. The van der Waals surface area contributed by atoms with Crippen LogP contribution in [0.5, 0.6) is 5.75 Å². The lowest BCUT2D eigenvalue weighted by Gasteiger charge is -2.09. The SMILES string of the molecule is Oc1ccc(Cl)cc1CNCc1cccc2cccnc12. The number of hydrogen-bond donors (Lipinski definition) is 2. The second kappa shape index (κ2) is 6.12. The normalized spacial score (nSPS) is 10.9. The smallest absolute Gasteiger partial charge is 0.120 e. The fourth-order valence-electron chi connectivity index (χ4n) is 2.34. The highest BCUT2D eigenvalue weighted by molar-refractivity contribution is 6.30. The molecule has 0 aliphatic rings. The molecule has 3 rings (SSSR count). The predicted molar refractivity (Wildman–Crippen MR) is 85.4 cm³/mol. The molecule has 0 saturated heterocycles. The maximum absolute atomic E-state index is 9.79. The largest absolute Gasteiger partial charge is 0.508 e. The van der Waals surface area contributed by atoms with Crippen molar-refractivity contribution >= 4 is 22.5 Å². The lowest BCUT2D eigenvalue weighted by molar-refractivity contribution is 0.464. The zero-order valence-electron chi connectivity index (χ0n) is 11.4. The quantitative estimate of drug-likeness (QED) is 0.768. The molecule has 0 fully saturated rings. The molecule has 0 aliphatic heterocycles. The van der Waals surface area contributed by atoms with Crippen molar-refractivity contribution in [1.82, 2.24) is 10.3 Å².